The summed E-state index contributed by atoms with van der Waals surface area (Å²) in [4.78, 5) is 0. The Morgan fingerprint density at radius 1 is 1.46 bits per heavy atom. The Morgan fingerprint density at radius 2 is 2.23 bits per heavy atom. The Hall–Kier alpha value is -0.700. The number of halogens is 1. The van der Waals surface area contributed by atoms with Gasteiger partial charge in [0.15, 0.2) is 0 Å². The molecule has 1 saturated heterocycles. The third-order valence-corrected chi connectivity index (χ3v) is 3.46. The number of nitrogens with one attached hydrogen (secondary N) is 1. The molecule has 2 rings (SSSR count). The monoisotopic (exact) mass is 197 g/mol. The molecular weight excluding hydrogens is 185 g/mol. The lowest BCUT2D eigenvalue weighted by Crippen LogP contribution is -2.33. The Balaban J connectivity index is 2.10. The first kappa shape index (κ1) is 8.88. The zero-order valence-electron chi connectivity index (χ0n) is 7.51. The van der Waals surface area contributed by atoms with Gasteiger partial charge in [0.1, 0.15) is 5.82 Å². The lowest BCUT2D eigenvalue weighted by molar-refractivity contribution is 0.626. The van der Waals surface area contributed by atoms with Crippen molar-refractivity contribution in [1.29, 1.82) is 0 Å². The Labute approximate surface area is 81.7 Å². The first-order chi connectivity index (χ1) is 6.25. The second-order valence-corrected chi connectivity index (χ2v) is 4.41. The van der Waals surface area contributed by atoms with Crippen LogP contribution in [0.25, 0.3) is 0 Å². The molecule has 1 aliphatic heterocycles. The summed E-state index contributed by atoms with van der Waals surface area (Å²) in [5, 5.41) is 3.39. The van der Waals surface area contributed by atoms with Crippen LogP contribution in [0.4, 0.5) is 10.1 Å². The van der Waals surface area contributed by atoms with Gasteiger partial charge in [0.25, 0.3) is 0 Å². The maximum absolute atomic E-state index is 12.7. The summed E-state index contributed by atoms with van der Waals surface area (Å²) in [7, 11) is 0. The third-order valence-electron chi connectivity index (χ3n) is 2.19. The first-order valence-electron chi connectivity index (χ1n) is 4.36. The number of thioether (sulfide) groups is 1. The molecule has 70 valence electrons. The molecule has 0 radical (unpaired) electrons. The molecule has 0 atom stereocenters. The second-order valence-electron chi connectivity index (χ2n) is 3.34. The number of hydrogen-bond donors (Lipinski definition) is 1. The summed E-state index contributed by atoms with van der Waals surface area (Å²) in [5.41, 5.74) is 2.05. The maximum Gasteiger partial charge on any atom is 0.123 e. The molecule has 1 aromatic rings. The van der Waals surface area contributed by atoms with E-state index < -0.39 is 0 Å². The van der Waals surface area contributed by atoms with Gasteiger partial charge in [0, 0.05) is 23.2 Å². The number of anilines is 1. The molecule has 1 nitrogen and oxygen atoms in total. The van der Waals surface area contributed by atoms with Gasteiger partial charge >= 0.3 is 0 Å². The zero-order chi connectivity index (χ0) is 9.26. The van der Waals surface area contributed by atoms with Gasteiger partial charge in [-0.1, -0.05) is 0 Å². The van der Waals surface area contributed by atoms with Crippen LogP contribution in [0.1, 0.15) is 5.56 Å². The fourth-order valence-corrected chi connectivity index (χ4v) is 1.97. The summed E-state index contributed by atoms with van der Waals surface area (Å²) in [5.74, 6) is 2.17. The van der Waals surface area contributed by atoms with Crippen LogP contribution >= 0.6 is 11.8 Å². The zero-order valence-corrected chi connectivity index (χ0v) is 8.33. The Morgan fingerprint density at radius 3 is 2.77 bits per heavy atom. The van der Waals surface area contributed by atoms with E-state index in [1.807, 2.05) is 24.8 Å². The summed E-state index contributed by atoms with van der Waals surface area (Å²) in [6.07, 6.45) is 0. The number of hydrogen-bond acceptors (Lipinski definition) is 2. The highest BCUT2D eigenvalue weighted by Gasteiger charge is 2.17. The summed E-state index contributed by atoms with van der Waals surface area (Å²) in [6, 6.07) is 5.46. The van der Waals surface area contributed by atoms with Crippen molar-refractivity contribution in [2.75, 3.05) is 16.8 Å². The molecule has 0 aliphatic carbocycles. The molecule has 3 heteroatoms. The van der Waals surface area contributed by atoms with Crippen LogP contribution in [0.5, 0.6) is 0 Å². The van der Waals surface area contributed by atoms with Crippen LogP contribution in [0.3, 0.4) is 0 Å². The molecule has 0 aromatic heterocycles. The molecule has 13 heavy (non-hydrogen) atoms. The quantitative estimate of drug-likeness (QED) is 0.782. The van der Waals surface area contributed by atoms with Crippen LogP contribution in [0.15, 0.2) is 18.2 Å². The third kappa shape index (κ3) is 1.97. The fourth-order valence-electron chi connectivity index (χ4n) is 1.33. The second kappa shape index (κ2) is 3.58. The highest BCUT2D eigenvalue weighted by molar-refractivity contribution is 8.00. The van der Waals surface area contributed by atoms with E-state index in [0.29, 0.717) is 6.04 Å². The van der Waals surface area contributed by atoms with Crippen molar-refractivity contribution in [3.05, 3.63) is 29.6 Å². The summed E-state index contributed by atoms with van der Waals surface area (Å²) < 4.78 is 12.7. The van der Waals surface area contributed by atoms with E-state index in [4.69, 9.17) is 0 Å². The SMILES string of the molecule is Cc1cc(F)ccc1NC1CSC1. The van der Waals surface area contributed by atoms with Crippen LogP contribution < -0.4 is 5.32 Å². The lowest BCUT2D eigenvalue weighted by atomic mass is 10.2. The molecule has 0 spiro atoms. The van der Waals surface area contributed by atoms with Crippen molar-refractivity contribution in [2.45, 2.75) is 13.0 Å². The largest absolute Gasteiger partial charge is 0.380 e. The lowest BCUT2D eigenvalue weighted by Gasteiger charge is -2.27. The number of aryl methyl sites for hydroxylation is 1. The normalized spacial score (nSPS) is 16.8. The van der Waals surface area contributed by atoms with Crippen LogP contribution in [0, 0.1) is 12.7 Å². The molecule has 0 unspecified atom stereocenters. The minimum Gasteiger partial charge on any atom is -0.380 e. The molecule has 1 aromatic carbocycles. The van der Waals surface area contributed by atoms with Gasteiger partial charge in [0.2, 0.25) is 0 Å². The average Bonchev–Trinajstić information content (AvgIpc) is 1.99. The molecule has 0 saturated carbocycles. The average molecular weight is 197 g/mol. The maximum atomic E-state index is 12.7. The highest BCUT2D eigenvalue weighted by Crippen LogP contribution is 2.24. The van der Waals surface area contributed by atoms with E-state index in [1.165, 1.54) is 6.07 Å². The van der Waals surface area contributed by atoms with E-state index in [0.717, 1.165) is 22.8 Å². The molecule has 1 heterocycles. The van der Waals surface area contributed by atoms with Crippen LogP contribution in [0.2, 0.25) is 0 Å². The van der Waals surface area contributed by atoms with Gasteiger partial charge in [-0.15, -0.1) is 0 Å². The highest BCUT2D eigenvalue weighted by atomic mass is 32.2. The Kier molecular flexibility index (Phi) is 2.44. The van der Waals surface area contributed by atoms with Gasteiger partial charge in [-0.05, 0) is 30.7 Å². The smallest absolute Gasteiger partial charge is 0.123 e. The first-order valence-corrected chi connectivity index (χ1v) is 5.51. The Bertz CT molecular complexity index is 310. The molecular formula is C10H12FNS. The minimum absolute atomic E-state index is 0.161. The standard InChI is InChI=1S/C10H12FNS/c1-7-4-8(11)2-3-10(7)12-9-5-13-6-9/h2-4,9,12H,5-6H2,1H3. The van der Waals surface area contributed by atoms with Gasteiger partial charge in [-0.3, -0.25) is 0 Å². The van der Waals surface area contributed by atoms with Crippen molar-refractivity contribution in [3.8, 4) is 0 Å². The van der Waals surface area contributed by atoms with Gasteiger partial charge in [-0.2, -0.15) is 11.8 Å². The van der Waals surface area contributed by atoms with E-state index in [9.17, 15) is 4.39 Å². The van der Waals surface area contributed by atoms with Crippen LogP contribution in [-0.4, -0.2) is 17.5 Å². The van der Waals surface area contributed by atoms with E-state index in [-0.39, 0.29) is 5.82 Å². The van der Waals surface area contributed by atoms with Gasteiger partial charge in [-0.25, -0.2) is 4.39 Å². The van der Waals surface area contributed by atoms with Crippen molar-refractivity contribution in [2.24, 2.45) is 0 Å². The van der Waals surface area contributed by atoms with Crippen molar-refractivity contribution >= 4 is 17.4 Å². The van der Waals surface area contributed by atoms with Crippen molar-refractivity contribution < 1.29 is 4.39 Å². The minimum atomic E-state index is -0.161. The molecule has 0 bridgehead atoms. The predicted octanol–water partition coefficient (Wildman–Crippen LogP) is 2.66. The summed E-state index contributed by atoms with van der Waals surface area (Å²) >= 11 is 1.94. The van der Waals surface area contributed by atoms with E-state index in [2.05, 4.69) is 5.32 Å². The van der Waals surface area contributed by atoms with E-state index in [1.54, 1.807) is 6.07 Å². The van der Waals surface area contributed by atoms with Gasteiger partial charge in [0.05, 0.1) is 0 Å². The summed E-state index contributed by atoms with van der Waals surface area (Å²) in [6.45, 7) is 1.93. The molecule has 1 N–H and O–H groups in total. The predicted molar refractivity (Wildman–Crippen MR) is 55.9 cm³/mol. The topological polar surface area (TPSA) is 12.0 Å². The van der Waals surface area contributed by atoms with Gasteiger partial charge < -0.3 is 5.32 Å². The number of benzene rings is 1. The van der Waals surface area contributed by atoms with E-state index >= 15 is 0 Å². The van der Waals surface area contributed by atoms with Crippen LogP contribution in [-0.2, 0) is 0 Å². The van der Waals surface area contributed by atoms with Crippen molar-refractivity contribution in [3.63, 3.8) is 0 Å². The number of rotatable bonds is 2. The molecule has 1 fully saturated rings. The van der Waals surface area contributed by atoms with Crippen molar-refractivity contribution in [1.82, 2.24) is 0 Å². The molecule has 0 amide bonds. The fraction of sp³-hybridized carbons (Fsp3) is 0.400. The molecule has 1 aliphatic rings.